The van der Waals surface area contributed by atoms with Crippen LogP contribution in [0.4, 0.5) is 5.82 Å². The van der Waals surface area contributed by atoms with Crippen molar-refractivity contribution in [2.24, 2.45) is 0 Å². The van der Waals surface area contributed by atoms with Gasteiger partial charge in [-0.25, -0.2) is 4.98 Å². The lowest BCUT2D eigenvalue weighted by atomic mass is 10.1. The highest BCUT2D eigenvalue weighted by atomic mass is 32.1. The Morgan fingerprint density at radius 2 is 1.95 bits per heavy atom. The van der Waals surface area contributed by atoms with Gasteiger partial charge in [0.1, 0.15) is 17.0 Å². The fraction of sp³-hybridized carbons (Fsp3) is 0.267. The molecule has 1 atom stereocenters. The van der Waals surface area contributed by atoms with Crippen LogP contribution in [0, 0.1) is 0 Å². The summed E-state index contributed by atoms with van der Waals surface area (Å²) in [5, 5.41) is 10.1. The summed E-state index contributed by atoms with van der Waals surface area (Å²) in [6.07, 6.45) is 1.73. The van der Waals surface area contributed by atoms with E-state index in [-0.39, 0.29) is 0 Å². The van der Waals surface area contributed by atoms with Crippen LogP contribution in [0.3, 0.4) is 0 Å². The lowest BCUT2D eigenvalue weighted by Crippen LogP contribution is -2.52. The van der Waals surface area contributed by atoms with Crippen molar-refractivity contribution in [2.45, 2.75) is 12.9 Å². The van der Waals surface area contributed by atoms with Crippen molar-refractivity contribution in [1.29, 1.82) is 0 Å². The molecule has 2 aromatic rings. The summed E-state index contributed by atoms with van der Waals surface area (Å²) in [5.41, 5.74) is 2.50. The lowest BCUT2D eigenvalue weighted by Gasteiger charge is -2.38. The van der Waals surface area contributed by atoms with E-state index in [1.54, 1.807) is 42.4 Å². The van der Waals surface area contributed by atoms with Crippen LogP contribution in [0.5, 0.6) is 0 Å². The molecule has 0 fully saturated rings. The molecule has 1 N–H and O–H groups in total. The van der Waals surface area contributed by atoms with E-state index in [1.807, 2.05) is 16.7 Å². The van der Waals surface area contributed by atoms with Crippen molar-refractivity contribution < 1.29 is 9.90 Å². The Bertz CT molecular complexity index is 726. The molecule has 0 bridgehead atoms. The molecular weight excluding hydrogens is 300 g/mol. The molecule has 1 aromatic heterocycles. The summed E-state index contributed by atoms with van der Waals surface area (Å²) in [4.78, 5) is 18.9. The fourth-order valence-corrected chi connectivity index (χ4v) is 2.81. The number of fused-ring (bicyclic) bond motifs is 1. The Balaban J connectivity index is 1.95. The van der Waals surface area contributed by atoms with Crippen LogP contribution in [-0.2, 0) is 6.54 Å². The zero-order valence-corrected chi connectivity index (χ0v) is 13.1. The van der Waals surface area contributed by atoms with Crippen LogP contribution in [0.15, 0.2) is 30.6 Å². The van der Waals surface area contributed by atoms with Crippen LogP contribution in [0.25, 0.3) is 0 Å². The fourth-order valence-electron chi connectivity index (χ4n) is 2.51. The molecule has 0 saturated carbocycles. The standard InChI is InChI=1S/C15H16N4O2S/c1-17-13-12(14(22)18(2)15(17)21)19(9-16-13)7-10-3-5-11(8-20)6-4-10/h3-6,8-9,15,21H,7H2,1-2H3. The SMILES string of the molecule is CN1C(=S)c2c(ncn2Cc2ccc(C=O)cc2)N(C)C1O. The molecule has 3 rings (SSSR count). The first-order chi connectivity index (χ1) is 10.5. The third-order valence-electron chi connectivity index (χ3n) is 3.84. The molecule has 22 heavy (non-hydrogen) atoms. The highest BCUT2D eigenvalue weighted by molar-refractivity contribution is 7.80. The Morgan fingerprint density at radius 3 is 2.59 bits per heavy atom. The second-order valence-electron chi connectivity index (χ2n) is 5.28. The number of hydrogen-bond acceptors (Lipinski definition) is 5. The molecule has 6 nitrogen and oxygen atoms in total. The molecule has 7 heteroatoms. The molecule has 1 aliphatic heterocycles. The maximum atomic E-state index is 10.7. The first-order valence-electron chi connectivity index (χ1n) is 6.80. The van der Waals surface area contributed by atoms with E-state index in [0.29, 0.717) is 22.9 Å². The molecule has 0 radical (unpaired) electrons. The van der Waals surface area contributed by atoms with Gasteiger partial charge in [0.05, 0.1) is 6.33 Å². The van der Waals surface area contributed by atoms with Gasteiger partial charge in [-0.3, -0.25) is 4.79 Å². The van der Waals surface area contributed by atoms with Crippen LogP contribution >= 0.6 is 12.2 Å². The molecular formula is C15H16N4O2S. The molecule has 1 unspecified atom stereocenters. The number of aliphatic hydroxyl groups is 1. The van der Waals surface area contributed by atoms with Gasteiger partial charge in [0.25, 0.3) is 0 Å². The van der Waals surface area contributed by atoms with Crippen molar-refractivity contribution in [3.05, 3.63) is 47.4 Å². The number of rotatable bonds is 3. The number of imidazole rings is 1. The number of nitrogens with zero attached hydrogens (tertiary/aromatic N) is 4. The molecule has 1 aromatic carbocycles. The van der Waals surface area contributed by atoms with Crippen molar-refractivity contribution in [1.82, 2.24) is 14.5 Å². The third-order valence-corrected chi connectivity index (χ3v) is 4.32. The second-order valence-corrected chi connectivity index (χ2v) is 5.66. The Kier molecular flexibility index (Phi) is 3.67. The Hall–Kier alpha value is -2.25. The predicted molar refractivity (Wildman–Crippen MR) is 87.0 cm³/mol. The maximum Gasteiger partial charge on any atom is 0.209 e. The second kappa shape index (κ2) is 5.51. The summed E-state index contributed by atoms with van der Waals surface area (Å²) >= 11 is 5.44. The molecule has 0 aliphatic carbocycles. The monoisotopic (exact) mass is 316 g/mol. The van der Waals surface area contributed by atoms with Crippen molar-refractivity contribution in [3.63, 3.8) is 0 Å². The quantitative estimate of drug-likeness (QED) is 0.675. The van der Waals surface area contributed by atoms with Gasteiger partial charge >= 0.3 is 0 Å². The van der Waals surface area contributed by atoms with E-state index in [0.717, 1.165) is 17.5 Å². The van der Waals surface area contributed by atoms with Crippen LogP contribution in [0.1, 0.15) is 21.6 Å². The number of hydrogen-bond donors (Lipinski definition) is 1. The van der Waals surface area contributed by atoms with Gasteiger partial charge in [-0.1, -0.05) is 36.5 Å². The number of aldehydes is 1. The molecule has 114 valence electrons. The number of anilines is 1. The molecule has 0 saturated heterocycles. The Morgan fingerprint density at radius 1 is 1.27 bits per heavy atom. The number of aromatic nitrogens is 2. The van der Waals surface area contributed by atoms with Gasteiger partial charge in [0.2, 0.25) is 6.35 Å². The number of benzene rings is 1. The van der Waals surface area contributed by atoms with E-state index >= 15 is 0 Å². The molecule has 0 spiro atoms. The normalized spacial score (nSPS) is 17.6. The first kappa shape index (κ1) is 14.7. The molecule has 0 amide bonds. The summed E-state index contributed by atoms with van der Waals surface area (Å²) in [6, 6.07) is 7.38. The summed E-state index contributed by atoms with van der Waals surface area (Å²) < 4.78 is 1.95. The van der Waals surface area contributed by atoms with E-state index in [4.69, 9.17) is 12.2 Å². The number of aliphatic hydroxyl groups excluding tert-OH is 1. The van der Waals surface area contributed by atoms with E-state index in [1.165, 1.54) is 0 Å². The van der Waals surface area contributed by atoms with E-state index in [2.05, 4.69) is 4.98 Å². The van der Waals surface area contributed by atoms with Gasteiger partial charge < -0.3 is 19.5 Å². The average Bonchev–Trinajstić information content (AvgIpc) is 2.95. The third kappa shape index (κ3) is 2.28. The zero-order valence-electron chi connectivity index (χ0n) is 12.3. The summed E-state index contributed by atoms with van der Waals surface area (Å²) in [5.74, 6) is 0.667. The van der Waals surface area contributed by atoms with Gasteiger partial charge in [0, 0.05) is 26.2 Å². The summed E-state index contributed by atoms with van der Waals surface area (Å²) in [6.45, 7) is 0.597. The average molecular weight is 316 g/mol. The zero-order chi connectivity index (χ0) is 15.9. The minimum Gasteiger partial charge on any atom is -0.356 e. The minimum absolute atomic E-state index is 0.558. The van der Waals surface area contributed by atoms with Gasteiger partial charge in [0.15, 0.2) is 5.82 Å². The van der Waals surface area contributed by atoms with Crippen molar-refractivity contribution in [2.75, 3.05) is 19.0 Å². The lowest BCUT2D eigenvalue weighted by molar-refractivity contribution is 0.0684. The van der Waals surface area contributed by atoms with Crippen LogP contribution < -0.4 is 4.90 Å². The van der Waals surface area contributed by atoms with Crippen molar-refractivity contribution >= 4 is 29.3 Å². The van der Waals surface area contributed by atoms with Crippen LogP contribution in [-0.4, -0.2) is 51.3 Å². The van der Waals surface area contributed by atoms with E-state index in [9.17, 15) is 9.90 Å². The van der Waals surface area contributed by atoms with Crippen molar-refractivity contribution in [3.8, 4) is 0 Å². The van der Waals surface area contributed by atoms with Gasteiger partial charge in [-0.2, -0.15) is 0 Å². The minimum atomic E-state index is -0.810. The highest BCUT2D eigenvalue weighted by Gasteiger charge is 2.33. The number of thiocarbonyl (C=S) groups is 1. The van der Waals surface area contributed by atoms with Crippen LogP contribution in [0.2, 0.25) is 0 Å². The predicted octanol–water partition coefficient (Wildman–Crippen LogP) is 1.08. The topological polar surface area (TPSA) is 61.6 Å². The molecule has 1 aliphatic rings. The van der Waals surface area contributed by atoms with Gasteiger partial charge in [-0.05, 0) is 5.56 Å². The highest BCUT2D eigenvalue weighted by Crippen LogP contribution is 2.28. The van der Waals surface area contributed by atoms with Gasteiger partial charge in [-0.15, -0.1) is 0 Å². The Labute approximate surface area is 133 Å². The molecule has 2 heterocycles. The smallest absolute Gasteiger partial charge is 0.209 e. The number of carbonyl (C=O) groups excluding carboxylic acids is 1. The first-order valence-corrected chi connectivity index (χ1v) is 7.21. The number of carbonyl (C=O) groups is 1. The maximum absolute atomic E-state index is 10.7. The van der Waals surface area contributed by atoms with E-state index < -0.39 is 6.35 Å². The summed E-state index contributed by atoms with van der Waals surface area (Å²) in [7, 11) is 3.53. The largest absolute Gasteiger partial charge is 0.356 e.